The minimum Gasteiger partial charge on any atom is -0.467 e. The number of hydrogen-bond acceptors (Lipinski definition) is 6. The summed E-state index contributed by atoms with van der Waals surface area (Å²) in [6, 6.07) is 15.4. The quantitative estimate of drug-likeness (QED) is 0.432. The number of hydrazone groups is 1. The van der Waals surface area contributed by atoms with E-state index in [0.29, 0.717) is 28.5 Å². The van der Waals surface area contributed by atoms with Gasteiger partial charge in [0.05, 0.1) is 29.3 Å². The van der Waals surface area contributed by atoms with Gasteiger partial charge in [0.15, 0.2) is 6.10 Å². The molecule has 0 bridgehead atoms. The summed E-state index contributed by atoms with van der Waals surface area (Å²) in [6.45, 7) is 1.53. The first-order chi connectivity index (χ1) is 16.0. The molecule has 9 heteroatoms. The number of hydrogen-bond donors (Lipinski definition) is 1. The zero-order valence-electron chi connectivity index (χ0n) is 17.6. The fraction of sp³-hybridized carbons (Fsp3) is 0.167. The number of aromatic amines is 1. The van der Waals surface area contributed by atoms with Crippen molar-refractivity contribution in [2.24, 2.45) is 5.10 Å². The standard InChI is InChI=1S/C24H19ClN4O4/c1-14(33-24(31)16-6-9-19-17(11-16)13-26-27-19)23(30)29-21(22-3-2-10-32-22)12-20(28-29)15-4-7-18(25)8-5-15/h2-11,13-14,21H,12H2,1H3,(H,26,27)/t14-,21+/m1/s1. The minimum absolute atomic E-state index is 0.331. The topological polar surface area (TPSA) is 101 Å². The van der Waals surface area contributed by atoms with Gasteiger partial charge >= 0.3 is 5.97 Å². The fourth-order valence-corrected chi connectivity index (χ4v) is 3.89. The van der Waals surface area contributed by atoms with Crippen LogP contribution >= 0.6 is 11.6 Å². The predicted octanol–water partition coefficient (Wildman–Crippen LogP) is 4.73. The number of benzene rings is 2. The average molecular weight is 463 g/mol. The summed E-state index contributed by atoms with van der Waals surface area (Å²) in [5.41, 5.74) is 2.70. The summed E-state index contributed by atoms with van der Waals surface area (Å²) in [7, 11) is 0. The Bertz CT molecular complexity index is 1340. The van der Waals surface area contributed by atoms with Gasteiger partial charge in [-0.05, 0) is 55.0 Å². The Kier molecular flexibility index (Phi) is 5.43. The van der Waals surface area contributed by atoms with E-state index in [1.807, 2.05) is 12.1 Å². The molecule has 0 spiro atoms. The van der Waals surface area contributed by atoms with Crippen molar-refractivity contribution >= 4 is 40.1 Å². The summed E-state index contributed by atoms with van der Waals surface area (Å²) in [5, 5.41) is 14.0. The maximum absolute atomic E-state index is 13.3. The Morgan fingerprint density at radius 3 is 2.79 bits per heavy atom. The molecule has 2 aromatic heterocycles. The molecule has 1 aliphatic rings. The van der Waals surface area contributed by atoms with Crippen LogP contribution < -0.4 is 0 Å². The number of fused-ring (bicyclic) bond motifs is 1. The van der Waals surface area contributed by atoms with Crippen LogP contribution in [0.3, 0.4) is 0 Å². The SMILES string of the molecule is C[C@@H](OC(=O)c1ccc2[nH]ncc2c1)C(=O)N1N=C(c2ccc(Cl)cc2)C[C@H]1c1ccco1. The second-order valence-corrected chi connectivity index (χ2v) is 8.13. The van der Waals surface area contributed by atoms with Crippen molar-refractivity contribution in [2.75, 3.05) is 0 Å². The van der Waals surface area contributed by atoms with E-state index in [0.717, 1.165) is 16.5 Å². The summed E-state index contributed by atoms with van der Waals surface area (Å²) >= 11 is 6.00. The van der Waals surface area contributed by atoms with E-state index in [2.05, 4.69) is 15.3 Å². The number of halogens is 1. The van der Waals surface area contributed by atoms with Gasteiger partial charge in [-0.1, -0.05) is 23.7 Å². The number of esters is 1. The lowest BCUT2D eigenvalue weighted by atomic mass is 10.0. The number of amides is 1. The first kappa shape index (κ1) is 21.0. The van der Waals surface area contributed by atoms with E-state index < -0.39 is 24.0 Å². The molecule has 0 unspecified atom stereocenters. The molecule has 2 aromatic carbocycles. The Labute approximate surface area is 193 Å². The zero-order valence-corrected chi connectivity index (χ0v) is 18.3. The van der Waals surface area contributed by atoms with Gasteiger partial charge in [0.25, 0.3) is 5.91 Å². The molecular formula is C24H19ClN4O4. The molecule has 2 atom stereocenters. The molecule has 5 rings (SSSR count). The number of nitrogens with zero attached hydrogens (tertiary/aromatic N) is 3. The van der Waals surface area contributed by atoms with Crippen molar-refractivity contribution in [2.45, 2.75) is 25.5 Å². The normalized spacial score (nSPS) is 16.6. The lowest BCUT2D eigenvalue weighted by Gasteiger charge is -2.23. The highest BCUT2D eigenvalue weighted by Crippen LogP contribution is 2.34. The van der Waals surface area contributed by atoms with Gasteiger partial charge < -0.3 is 9.15 Å². The molecule has 166 valence electrons. The van der Waals surface area contributed by atoms with Crippen LogP contribution in [0.4, 0.5) is 0 Å². The second-order valence-electron chi connectivity index (χ2n) is 7.69. The summed E-state index contributed by atoms with van der Waals surface area (Å²) in [6.07, 6.45) is 2.57. The number of aromatic nitrogens is 2. The number of nitrogens with one attached hydrogen (secondary N) is 1. The minimum atomic E-state index is -1.05. The van der Waals surface area contributed by atoms with E-state index in [1.165, 1.54) is 11.9 Å². The number of furan rings is 1. The van der Waals surface area contributed by atoms with Crippen LogP contribution in [0, 0.1) is 0 Å². The third-order valence-corrected chi connectivity index (χ3v) is 5.74. The number of rotatable bonds is 5. The molecule has 0 saturated heterocycles. The fourth-order valence-electron chi connectivity index (χ4n) is 3.77. The van der Waals surface area contributed by atoms with E-state index in [1.54, 1.807) is 54.9 Å². The molecular weight excluding hydrogens is 444 g/mol. The maximum atomic E-state index is 13.3. The number of carbonyl (C=O) groups excluding carboxylic acids is 2. The molecule has 1 amide bonds. The molecule has 0 fully saturated rings. The molecule has 8 nitrogen and oxygen atoms in total. The average Bonchev–Trinajstić information content (AvgIpc) is 3.58. The summed E-state index contributed by atoms with van der Waals surface area (Å²) in [5.74, 6) is -0.451. The van der Waals surface area contributed by atoms with Crippen molar-refractivity contribution in [1.29, 1.82) is 0 Å². The Morgan fingerprint density at radius 1 is 1.21 bits per heavy atom. The van der Waals surface area contributed by atoms with Gasteiger partial charge in [0.1, 0.15) is 11.8 Å². The third-order valence-electron chi connectivity index (χ3n) is 5.49. The van der Waals surface area contributed by atoms with E-state index in [4.69, 9.17) is 20.8 Å². The van der Waals surface area contributed by atoms with Crippen LogP contribution in [0.1, 0.15) is 41.1 Å². The highest BCUT2D eigenvalue weighted by Gasteiger charge is 2.38. The monoisotopic (exact) mass is 462 g/mol. The third kappa shape index (κ3) is 4.12. The lowest BCUT2D eigenvalue weighted by molar-refractivity contribution is -0.142. The number of ether oxygens (including phenoxy) is 1. The van der Waals surface area contributed by atoms with Crippen molar-refractivity contribution in [3.05, 3.63) is 89.0 Å². The molecule has 1 N–H and O–H groups in total. The Balaban J connectivity index is 1.37. The molecule has 0 saturated carbocycles. The smallest absolute Gasteiger partial charge is 0.338 e. The Morgan fingerprint density at radius 2 is 2.03 bits per heavy atom. The van der Waals surface area contributed by atoms with Crippen LogP contribution in [-0.2, 0) is 9.53 Å². The van der Waals surface area contributed by atoms with Crippen LogP contribution in [0.15, 0.2) is 76.6 Å². The van der Waals surface area contributed by atoms with Crippen LogP contribution in [-0.4, -0.2) is 38.9 Å². The molecule has 0 radical (unpaired) electrons. The van der Waals surface area contributed by atoms with Crippen LogP contribution in [0.25, 0.3) is 10.9 Å². The van der Waals surface area contributed by atoms with Gasteiger partial charge in [-0.3, -0.25) is 9.89 Å². The highest BCUT2D eigenvalue weighted by molar-refractivity contribution is 6.30. The van der Waals surface area contributed by atoms with Gasteiger partial charge in [-0.25, -0.2) is 9.80 Å². The number of carbonyl (C=O) groups is 2. The van der Waals surface area contributed by atoms with Gasteiger partial charge in [0.2, 0.25) is 0 Å². The highest BCUT2D eigenvalue weighted by atomic mass is 35.5. The number of H-pyrrole nitrogens is 1. The molecule has 3 heterocycles. The molecule has 1 aliphatic heterocycles. The second kappa shape index (κ2) is 8.55. The lowest BCUT2D eigenvalue weighted by Crippen LogP contribution is -2.37. The molecule has 0 aliphatic carbocycles. The summed E-state index contributed by atoms with van der Waals surface area (Å²) < 4.78 is 11.0. The van der Waals surface area contributed by atoms with E-state index >= 15 is 0 Å². The van der Waals surface area contributed by atoms with Crippen LogP contribution in [0.5, 0.6) is 0 Å². The van der Waals surface area contributed by atoms with Crippen molar-refractivity contribution < 1.29 is 18.7 Å². The van der Waals surface area contributed by atoms with Crippen molar-refractivity contribution in [3.8, 4) is 0 Å². The van der Waals surface area contributed by atoms with Crippen LogP contribution in [0.2, 0.25) is 5.02 Å². The van der Waals surface area contributed by atoms with E-state index in [9.17, 15) is 9.59 Å². The first-order valence-electron chi connectivity index (χ1n) is 10.3. The molecule has 4 aromatic rings. The largest absolute Gasteiger partial charge is 0.467 e. The van der Waals surface area contributed by atoms with E-state index in [-0.39, 0.29) is 0 Å². The first-order valence-corrected chi connectivity index (χ1v) is 10.7. The maximum Gasteiger partial charge on any atom is 0.338 e. The van der Waals surface area contributed by atoms with Gasteiger partial charge in [-0.15, -0.1) is 0 Å². The van der Waals surface area contributed by atoms with Crippen molar-refractivity contribution in [3.63, 3.8) is 0 Å². The Hall–Kier alpha value is -3.91. The summed E-state index contributed by atoms with van der Waals surface area (Å²) in [4.78, 5) is 26.0. The van der Waals surface area contributed by atoms with Gasteiger partial charge in [0, 0.05) is 16.8 Å². The molecule has 33 heavy (non-hydrogen) atoms. The van der Waals surface area contributed by atoms with Gasteiger partial charge in [-0.2, -0.15) is 10.2 Å². The van der Waals surface area contributed by atoms with Crippen molar-refractivity contribution in [1.82, 2.24) is 15.2 Å². The predicted molar refractivity (Wildman–Crippen MR) is 122 cm³/mol. The zero-order chi connectivity index (χ0) is 22.9.